The Kier molecular flexibility index (Phi) is 4.19. The third-order valence-corrected chi connectivity index (χ3v) is 6.18. The van der Waals surface area contributed by atoms with Gasteiger partial charge in [0.2, 0.25) is 0 Å². The van der Waals surface area contributed by atoms with E-state index < -0.39 is 0 Å². The molecule has 5 aromatic rings. The first-order chi connectivity index (χ1) is 15.3. The van der Waals surface area contributed by atoms with E-state index in [1.54, 1.807) is 6.33 Å². The number of aromatic amines is 1. The summed E-state index contributed by atoms with van der Waals surface area (Å²) in [6, 6.07) is 16.5. The first-order valence-corrected chi connectivity index (χ1v) is 10.7. The SMILES string of the molecule is Cc1ccc2nc(C3CCN(c4ncnc5c4cnn5-c4ccccc4)CC3)[nH]c2c1. The molecule has 0 saturated carbocycles. The van der Waals surface area contributed by atoms with Gasteiger partial charge in [-0.15, -0.1) is 0 Å². The number of rotatable bonds is 3. The molecule has 3 aromatic heterocycles. The van der Waals surface area contributed by atoms with Crippen molar-refractivity contribution in [1.82, 2.24) is 29.7 Å². The lowest BCUT2D eigenvalue weighted by molar-refractivity contribution is 0.488. The van der Waals surface area contributed by atoms with E-state index in [4.69, 9.17) is 4.98 Å². The van der Waals surface area contributed by atoms with Crippen molar-refractivity contribution < 1.29 is 0 Å². The van der Waals surface area contributed by atoms with Crippen molar-refractivity contribution >= 4 is 27.9 Å². The lowest BCUT2D eigenvalue weighted by Crippen LogP contribution is -2.34. The van der Waals surface area contributed by atoms with Crippen LogP contribution in [0, 0.1) is 6.92 Å². The molecule has 7 nitrogen and oxygen atoms in total. The molecular formula is C24H23N7. The molecule has 1 saturated heterocycles. The molecule has 2 aromatic carbocycles. The second-order valence-corrected chi connectivity index (χ2v) is 8.23. The molecule has 1 fully saturated rings. The Morgan fingerprint density at radius 1 is 1.00 bits per heavy atom. The standard InChI is InChI=1S/C24H23N7/c1-16-7-8-20-21(13-16)29-22(28-20)17-9-11-30(12-10-17)23-19-14-27-31(24(19)26-15-25-23)18-5-3-2-4-6-18/h2-8,13-15,17H,9-12H2,1H3,(H,28,29). The number of aromatic nitrogens is 6. The van der Waals surface area contributed by atoms with Crippen LogP contribution < -0.4 is 4.90 Å². The first kappa shape index (κ1) is 18.1. The molecule has 1 aliphatic rings. The van der Waals surface area contributed by atoms with Gasteiger partial charge in [0.05, 0.1) is 28.3 Å². The van der Waals surface area contributed by atoms with Crippen molar-refractivity contribution in [3.8, 4) is 5.69 Å². The molecule has 1 aliphatic heterocycles. The maximum Gasteiger partial charge on any atom is 0.168 e. The number of H-pyrrole nitrogens is 1. The van der Waals surface area contributed by atoms with Crippen molar-refractivity contribution in [2.45, 2.75) is 25.7 Å². The van der Waals surface area contributed by atoms with Crippen LogP contribution in [-0.4, -0.2) is 42.8 Å². The highest BCUT2D eigenvalue weighted by Crippen LogP contribution is 2.32. The van der Waals surface area contributed by atoms with Crippen LogP contribution in [0.25, 0.3) is 27.8 Å². The van der Waals surface area contributed by atoms with E-state index >= 15 is 0 Å². The van der Waals surface area contributed by atoms with Crippen molar-refractivity contribution in [1.29, 1.82) is 0 Å². The zero-order valence-corrected chi connectivity index (χ0v) is 17.4. The average Bonchev–Trinajstić information content (AvgIpc) is 3.44. The maximum atomic E-state index is 4.85. The Morgan fingerprint density at radius 3 is 2.68 bits per heavy atom. The Balaban J connectivity index is 1.25. The fourth-order valence-electron chi connectivity index (χ4n) is 4.54. The van der Waals surface area contributed by atoms with E-state index in [0.717, 1.165) is 65.3 Å². The number of hydrogen-bond donors (Lipinski definition) is 1. The molecule has 0 bridgehead atoms. The Hall–Kier alpha value is -3.74. The number of benzene rings is 2. The van der Waals surface area contributed by atoms with E-state index in [1.165, 1.54) is 5.56 Å². The molecule has 4 heterocycles. The second kappa shape index (κ2) is 7.19. The largest absolute Gasteiger partial charge is 0.356 e. The summed E-state index contributed by atoms with van der Waals surface area (Å²) in [4.78, 5) is 19.9. The Bertz CT molecular complexity index is 1360. The summed E-state index contributed by atoms with van der Waals surface area (Å²) in [5.74, 6) is 2.50. The van der Waals surface area contributed by atoms with Crippen molar-refractivity contribution in [3.63, 3.8) is 0 Å². The van der Waals surface area contributed by atoms with Gasteiger partial charge in [-0.2, -0.15) is 5.10 Å². The molecule has 7 heteroatoms. The van der Waals surface area contributed by atoms with Gasteiger partial charge >= 0.3 is 0 Å². The molecule has 0 radical (unpaired) electrons. The lowest BCUT2D eigenvalue weighted by Gasteiger charge is -2.32. The van der Waals surface area contributed by atoms with Gasteiger partial charge in [-0.1, -0.05) is 24.3 Å². The van der Waals surface area contributed by atoms with Gasteiger partial charge < -0.3 is 9.88 Å². The smallest absolute Gasteiger partial charge is 0.168 e. The maximum absolute atomic E-state index is 4.85. The topological polar surface area (TPSA) is 75.5 Å². The number of anilines is 1. The summed E-state index contributed by atoms with van der Waals surface area (Å²) in [7, 11) is 0. The van der Waals surface area contributed by atoms with E-state index in [2.05, 4.69) is 50.1 Å². The summed E-state index contributed by atoms with van der Waals surface area (Å²) in [6.07, 6.45) is 5.60. The number of nitrogens with zero attached hydrogens (tertiary/aromatic N) is 6. The molecule has 31 heavy (non-hydrogen) atoms. The monoisotopic (exact) mass is 409 g/mol. The van der Waals surface area contributed by atoms with Crippen LogP contribution >= 0.6 is 0 Å². The third kappa shape index (κ3) is 3.13. The van der Waals surface area contributed by atoms with Gasteiger partial charge in [0.25, 0.3) is 0 Å². The third-order valence-electron chi connectivity index (χ3n) is 6.18. The molecule has 1 N–H and O–H groups in total. The molecule has 0 unspecified atom stereocenters. The van der Waals surface area contributed by atoms with Crippen LogP contribution in [0.3, 0.4) is 0 Å². The van der Waals surface area contributed by atoms with E-state index in [1.807, 2.05) is 41.2 Å². The van der Waals surface area contributed by atoms with Crippen LogP contribution in [0.1, 0.15) is 30.1 Å². The van der Waals surface area contributed by atoms with Crippen LogP contribution in [-0.2, 0) is 0 Å². The highest BCUT2D eigenvalue weighted by atomic mass is 15.3. The zero-order valence-electron chi connectivity index (χ0n) is 17.4. The molecule has 0 atom stereocenters. The number of piperidine rings is 1. The molecule has 0 spiro atoms. The summed E-state index contributed by atoms with van der Waals surface area (Å²) in [5, 5.41) is 5.58. The van der Waals surface area contributed by atoms with Gasteiger partial charge in [-0.3, -0.25) is 0 Å². The van der Waals surface area contributed by atoms with Crippen LogP contribution in [0.2, 0.25) is 0 Å². The zero-order chi connectivity index (χ0) is 20.8. The number of hydrogen-bond acceptors (Lipinski definition) is 5. The van der Waals surface area contributed by atoms with Crippen LogP contribution in [0.5, 0.6) is 0 Å². The van der Waals surface area contributed by atoms with Gasteiger partial charge in [0.15, 0.2) is 5.65 Å². The van der Waals surface area contributed by atoms with Crippen molar-refractivity contribution in [2.24, 2.45) is 0 Å². The van der Waals surface area contributed by atoms with Crippen molar-refractivity contribution in [3.05, 3.63) is 72.4 Å². The van der Waals surface area contributed by atoms with Gasteiger partial charge in [-0.25, -0.2) is 19.6 Å². The van der Waals surface area contributed by atoms with Gasteiger partial charge in [-0.05, 0) is 49.6 Å². The highest BCUT2D eigenvalue weighted by molar-refractivity contribution is 5.87. The fraction of sp³-hybridized carbons (Fsp3) is 0.250. The minimum atomic E-state index is 0.438. The number of para-hydroxylation sites is 1. The fourth-order valence-corrected chi connectivity index (χ4v) is 4.54. The van der Waals surface area contributed by atoms with E-state index in [9.17, 15) is 0 Å². The van der Waals surface area contributed by atoms with E-state index in [0.29, 0.717) is 5.92 Å². The first-order valence-electron chi connectivity index (χ1n) is 10.7. The summed E-state index contributed by atoms with van der Waals surface area (Å²) >= 11 is 0. The second-order valence-electron chi connectivity index (χ2n) is 8.23. The van der Waals surface area contributed by atoms with Crippen LogP contribution in [0.4, 0.5) is 5.82 Å². The summed E-state index contributed by atoms with van der Waals surface area (Å²) in [5.41, 5.74) is 5.27. The summed E-state index contributed by atoms with van der Waals surface area (Å²) < 4.78 is 1.88. The minimum Gasteiger partial charge on any atom is -0.356 e. The number of nitrogens with one attached hydrogen (secondary N) is 1. The molecule has 0 aliphatic carbocycles. The van der Waals surface area contributed by atoms with Gasteiger partial charge in [0.1, 0.15) is 18.0 Å². The van der Waals surface area contributed by atoms with Gasteiger partial charge in [0, 0.05) is 19.0 Å². The normalized spacial score (nSPS) is 15.2. The summed E-state index contributed by atoms with van der Waals surface area (Å²) in [6.45, 7) is 3.98. The minimum absolute atomic E-state index is 0.438. The molecule has 6 rings (SSSR count). The number of aryl methyl sites for hydroxylation is 1. The highest BCUT2D eigenvalue weighted by Gasteiger charge is 2.25. The van der Waals surface area contributed by atoms with E-state index in [-0.39, 0.29) is 0 Å². The lowest BCUT2D eigenvalue weighted by atomic mass is 9.96. The predicted octanol–water partition coefficient (Wildman–Crippen LogP) is 4.38. The molecule has 0 amide bonds. The molecule has 154 valence electrons. The van der Waals surface area contributed by atoms with Crippen molar-refractivity contribution in [2.75, 3.05) is 18.0 Å². The molecular weight excluding hydrogens is 386 g/mol. The Labute approximate surface area is 179 Å². The number of imidazole rings is 1. The Morgan fingerprint density at radius 2 is 1.84 bits per heavy atom. The van der Waals surface area contributed by atoms with Crippen LogP contribution in [0.15, 0.2) is 61.1 Å². The average molecular weight is 409 g/mol. The predicted molar refractivity (Wildman–Crippen MR) is 122 cm³/mol. The quantitative estimate of drug-likeness (QED) is 0.478. The number of fused-ring (bicyclic) bond motifs is 2.